The maximum atomic E-state index is 14.1. The monoisotopic (exact) mass is 278 g/mol. The van der Waals surface area contributed by atoms with E-state index in [4.69, 9.17) is 0 Å². The number of halogens is 1. The first-order valence-electron chi connectivity index (χ1n) is 7.71. The van der Waals surface area contributed by atoms with Crippen LogP contribution < -0.4 is 10.2 Å². The lowest BCUT2D eigenvalue weighted by Gasteiger charge is -2.29. The van der Waals surface area contributed by atoms with Gasteiger partial charge in [0.15, 0.2) is 0 Å². The van der Waals surface area contributed by atoms with Crippen LogP contribution in [0.3, 0.4) is 0 Å². The summed E-state index contributed by atoms with van der Waals surface area (Å²) in [7, 11) is 2.09. The Morgan fingerprint density at radius 2 is 2.00 bits per heavy atom. The van der Waals surface area contributed by atoms with E-state index in [1.54, 1.807) is 6.07 Å². The van der Waals surface area contributed by atoms with Gasteiger partial charge in [-0.05, 0) is 50.3 Å². The van der Waals surface area contributed by atoms with E-state index in [1.807, 2.05) is 12.1 Å². The fraction of sp³-hybridized carbons (Fsp3) is 0.647. The molecule has 0 aromatic heterocycles. The van der Waals surface area contributed by atoms with Gasteiger partial charge in [0.1, 0.15) is 5.82 Å². The Labute approximate surface area is 122 Å². The average molecular weight is 278 g/mol. The van der Waals surface area contributed by atoms with Crippen molar-refractivity contribution in [1.29, 1.82) is 0 Å². The molecule has 1 saturated carbocycles. The van der Waals surface area contributed by atoms with E-state index in [0.717, 1.165) is 23.7 Å². The minimum absolute atomic E-state index is 0.103. The van der Waals surface area contributed by atoms with Crippen LogP contribution in [0.4, 0.5) is 10.1 Å². The third-order valence-corrected chi connectivity index (χ3v) is 4.24. The van der Waals surface area contributed by atoms with E-state index in [1.165, 1.54) is 12.8 Å². The second-order valence-corrected chi connectivity index (χ2v) is 6.45. The molecule has 1 aromatic carbocycles. The highest BCUT2D eigenvalue weighted by Crippen LogP contribution is 2.37. The van der Waals surface area contributed by atoms with E-state index in [2.05, 4.69) is 38.0 Å². The van der Waals surface area contributed by atoms with Gasteiger partial charge in [-0.25, -0.2) is 4.39 Å². The van der Waals surface area contributed by atoms with Crippen molar-refractivity contribution >= 4 is 5.69 Å². The highest BCUT2D eigenvalue weighted by atomic mass is 19.1. The third-order valence-electron chi connectivity index (χ3n) is 4.24. The summed E-state index contributed by atoms with van der Waals surface area (Å²) < 4.78 is 14.1. The molecule has 2 nitrogen and oxygen atoms in total. The Morgan fingerprint density at radius 3 is 2.60 bits per heavy atom. The summed E-state index contributed by atoms with van der Waals surface area (Å²) >= 11 is 0. The van der Waals surface area contributed by atoms with E-state index < -0.39 is 0 Å². The first-order chi connectivity index (χ1) is 9.50. The molecular formula is C17H27FN2. The molecule has 1 unspecified atom stereocenters. The lowest BCUT2D eigenvalue weighted by atomic mass is 10.1. The quantitative estimate of drug-likeness (QED) is 0.816. The van der Waals surface area contributed by atoms with Crippen molar-refractivity contribution in [1.82, 2.24) is 5.32 Å². The zero-order valence-corrected chi connectivity index (χ0v) is 13.1. The highest BCUT2D eigenvalue weighted by molar-refractivity contribution is 5.54. The van der Waals surface area contributed by atoms with Crippen LogP contribution >= 0.6 is 0 Å². The summed E-state index contributed by atoms with van der Waals surface area (Å²) in [6.07, 6.45) is 2.61. The smallest absolute Gasteiger partial charge is 0.129 e. The van der Waals surface area contributed by atoms with Crippen LogP contribution in [0.5, 0.6) is 0 Å². The molecule has 2 rings (SSSR count). The summed E-state index contributed by atoms with van der Waals surface area (Å²) in [5.41, 5.74) is 1.82. The topological polar surface area (TPSA) is 15.3 Å². The fourth-order valence-electron chi connectivity index (χ4n) is 2.65. The number of nitrogens with one attached hydrogen (secondary N) is 1. The number of nitrogens with zero attached hydrogens (tertiary/aromatic N) is 1. The molecule has 0 radical (unpaired) electrons. The van der Waals surface area contributed by atoms with Crippen LogP contribution in [0.15, 0.2) is 18.2 Å². The molecule has 20 heavy (non-hydrogen) atoms. The highest BCUT2D eigenvalue weighted by Gasteiger charge is 2.31. The number of anilines is 1. The first kappa shape index (κ1) is 15.3. The van der Waals surface area contributed by atoms with Crippen molar-refractivity contribution in [3.8, 4) is 0 Å². The SMILES string of the molecule is CC(C)CNCc1c(F)cccc1N(C)C(C)C1CC1. The Morgan fingerprint density at radius 1 is 1.30 bits per heavy atom. The van der Waals surface area contributed by atoms with Crippen molar-refractivity contribution in [3.05, 3.63) is 29.6 Å². The molecule has 1 aliphatic carbocycles. The molecule has 0 heterocycles. The van der Waals surface area contributed by atoms with E-state index in [9.17, 15) is 4.39 Å². The van der Waals surface area contributed by atoms with Crippen molar-refractivity contribution in [3.63, 3.8) is 0 Å². The molecule has 1 N–H and O–H groups in total. The van der Waals surface area contributed by atoms with Crippen molar-refractivity contribution < 1.29 is 4.39 Å². The van der Waals surface area contributed by atoms with E-state index in [0.29, 0.717) is 18.5 Å². The Bertz CT molecular complexity index is 441. The minimum Gasteiger partial charge on any atom is -0.371 e. The van der Waals surface area contributed by atoms with E-state index >= 15 is 0 Å². The predicted molar refractivity (Wildman–Crippen MR) is 83.5 cm³/mol. The van der Waals surface area contributed by atoms with Gasteiger partial charge in [-0.1, -0.05) is 19.9 Å². The van der Waals surface area contributed by atoms with E-state index in [-0.39, 0.29) is 5.82 Å². The van der Waals surface area contributed by atoms with Gasteiger partial charge in [-0.3, -0.25) is 0 Å². The lowest BCUT2D eigenvalue weighted by molar-refractivity contribution is 0.531. The largest absolute Gasteiger partial charge is 0.371 e. The summed E-state index contributed by atoms with van der Waals surface area (Å²) in [4.78, 5) is 2.24. The zero-order chi connectivity index (χ0) is 14.7. The molecule has 1 aliphatic rings. The van der Waals surface area contributed by atoms with Crippen LogP contribution in [0, 0.1) is 17.7 Å². The molecule has 0 saturated heterocycles. The van der Waals surface area contributed by atoms with Gasteiger partial charge < -0.3 is 10.2 Å². The molecule has 112 valence electrons. The van der Waals surface area contributed by atoms with Gasteiger partial charge in [0.25, 0.3) is 0 Å². The second-order valence-electron chi connectivity index (χ2n) is 6.45. The van der Waals surface area contributed by atoms with Crippen molar-refractivity contribution in [2.24, 2.45) is 11.8 Å². The second kappa shape index (κ2) is 6.57. The van der Waals surface area contributed by atoms with Crippen LogP contribution in [0.2, 0.25) is 0 Å². The average Bonchev–Trinajstić information content (AvgIpc) is 3.23. The molecule has 1 atom stereocenters. The lowest BCUT2D eigenvalue weighted by Crippen LogP contribution is -2.32. The van der Waals surface area contributed by atoms with Gasteiger partial charge in [0.2, 0.25) is 0 Å². The fourth-order valence-corrected chi connectivity index (χ4v) is 2.65. The summed E-state index contributed by atoms with van der Waals surface area (Å²) in [6.45, 7) is 8.08. The molecule has 0 spiro atoms. The maximum absolute atomic E-state index is 14.1. The molecule has 3 heteroatoms. The van der Waals surface area contributed by atoms with Gasteiger partial charge in [0, 0.05) is 30.9 Å². The zero-order valence-electron chi connectivity index (χ0n) is 13.1. The molecule has 0 bridgehead atoms. The van der Waals surface area contributed by atoms with Gasteiger partial charge in [-0.2, -0.15) is 0 Å². The van der Waals surface area contributed by atoms with Crippen LogP contribution in [-0.2, 0) is 6.54 Å². The summed E-state index contributed by atoms with van der Waals surface area (Å²) in [5, 5.41) is 3.35. The molecule has 0 amide bonds. The van der Waals surface area contributed by atoms with Gasteiger partial charge >= 0.3 is 0 Å². The number of rotatable bonds is 7. The van der Waals surface area contributed by atoms with Crippen LogP contribution in [0.25, 0.3) is 0 Å². The summed E-state index contributed by atoms with van der Waals surface area (Å²) in [6, 6.07) is 5.90. The number of hydrogen-bond acceptors (Lipinski definition) is 2. The standard InChI is InChI=1S/C17H27FN2/c1-12(2)10-19-11-15-16(18)6-5-7-17(15)20(4)13(3)14-8-9-14/h5-7,12-14,19H,8-11H2,1-4H3. The Hall–Kier alpha value is -1.09. The van der Waals surface area contributed by atoms with Crippen molar-refractivity contribution in [2.45, 2.75) is 46.2 Å². The van der Waals surface area contributed by atoms with Crippen LogP contribution in [0.1, 0.15) is 39.2 Å². The predicted octanol–water partition coefficient (Wildman–Crippen LogP) is 3.81. The minimum atomic E-state index is -0.103. The molecule has 1 fully saturated rings. The number of benzene rings is 1. The Kier molecular flexibility index (Phi) is 5.03. The van der Waals surface area contributed by atoms with Gasteiger partial charge in [-0.15, -0.1) is 0 Å². The number of hydrogen-bond donors (Lipinski definition) is 1. The van der Waals surface area contributed by atoms with Gasteiger partial charge in [0.05, 0.1) is 0 Å². The normalized spacial score (nSPS) is 16.5. The van der Waals surface area contributed by atoms with Crippen LogP contribution in [-0.4, -0.2) is 19.6 Å². The third kappa shape index (κ3) is 3.72. The maximum Gasteiger partial charge on any atom is 0.129 e. The molecular weight excluding hydrogens is 251 g/mol. The molecule has 1 aromatic rings. The van der Waals surface area contributed by atoms with Crippen molar-refractivity contribution in [2.75, 3.05) is 18.5 Å². The Balaban J connectivity index is 2.12. The molecule has 0 aliphatic heterocycles. The summed E-state index contributed by atoms with van der Waals surface area (Å²) in [5.74, 6) is 1.25. The first-order valence-corrected chi connectivity index (χ1v) is 7.71.